The van der Waals surface area contributed by atoms with Crippen LogP contribution in [-0.4, -0.2) is 73.5 Å². The molecule has 0 radical (unpaired) electrons. The van der Waals surface area contributed by atoms with Crippen molar-refractivity contribution in [3.05, 3.63) is 36.3 Å². The van der Waals surface area contributed by atoms with Crippen molar-refractivity contribution >= 4 is 28.4 Å². The lowest BCUT2D eigenvalue weighted by Gasteiger charge is -2.38. The van der Waals surface area contributed by atoms with E-state index in [2.05, 4.69) is 20.4 Å². The first kappa shape index (κ1) is 25.6. The van der Waals surface area contributed by atoms with Crippen molar-refractivity contribution in [1.29, 1.82) is 0 Å². The van der Waals surface area contributed by atoms with Crippen LogP contribution in [0.3, 0.4) is 0 Å². The summed E-state index contributed by atoms with van der Waals surface area (Å²) >= 11 is 0. The zero-order chi connectivity index (χ0) is 27.4. The molecule has 4 heterocycles. The summed E-state index contributed by atoms with van der Waals surface area (Å²) in [7, 11) is 1.22. The standard InChI is InChI=1S/C23H21F6N7O2/c1-11(37)34-4-3-16(23(28,29)9-34)31-22-32-21(38-2)20-18(14(25)7-36(20)33-22)12-5-13(24)19-15(6-12)35(10-30-19)8-17(26)27/h5-7,10,16-17H,3-4,8-9H2,1-2H3,(H,31,33)/t16-/m1/s1. The van der Waals surface area contributed by atoms with Gasteiger partial charge in [0, 0.05) is 13.5 Å². The number of amides is 1. The predicted molar refractivity (Wildman–Crippen MR) is 123 cm³/mol. The van der Waals surface area contributed by atoms with Crippen LogP contribution in [0.4, 0.5) is 32.3 Å². The second-order valence-electron chi connectivity index (χ2n) is 8.89. The topological polar surface area (TPSA) is 89.6 Å². The normalized spacial score (nSPS) is 17.5. The molecule has 1 N–H and O–H groups in total. The molecule has 5 rings (SSSR count). The van der Waals surface area contributed by atoms with E-state index in [0.29, 0.717) is 0 Å². The number of piperidine rings is 1. The average molecular weight is 541 g/mol. The average Bonchev–Trinajstić information content (AvgIpc) is 3.39. The van der Waals surface area contributed by atoms with Gasteiger partial charge in [-0.2, -0.15) is 4.98 Å². The number of hydrogen-bond donors (Lipinski definition) is 1. The van der Waals surface area contributed by atoms with Gasteiger partial charge >= 0.3 is 0 Å². The Bertz CT molecular complexity index is 1540. The zero-order valence-electron chi connectivity index (χ0n) is 20.1. The Morgan fingerprint density at radius 3 is 2.68 bits per heavy atom. The van der Waals surface area contributed by atoms with Gasteiger partial charge in [-0.15, -0.1) is 5.10 Å². The minimum Gasteiger partial charge on any atom is -0.479 e. The Morgan fingerprint density at radius 1 is 1.26 bits per heavy atom. The van der Waals surface area contributed by atoms with Crippen molar-refractivity contribution in [2.45, 2.75) is 38.3 Å². The molecule has 1 saturated heterocycles. The summed E-state index contributed by atoms with van der Waals surface area (Å²) in [5.74, 6) is -5.97. The van der Waals surface area contributed by atoms with E-state index in [0.717, 1.165) is 32.6 Å². The van der Waals surface area contributed by atoms with E-state index >= 15 is 4.39 Å². The molecular formula is C23H21F6N7O2. The van der Waals surface area contributed by atoms with Gasteiger partial charge in [0.25, 0.3) is 12.3 Å². The van der Waals surface area contributed by atoms with Gasteiger partial charge in [-0.1, -0.05) is 0 Å². The van der Waals surface area contributed by atoms with Crippen LogP contribution in [0.15, 0.2) is 24.7 Å². The Hall–Kier alpha value is -4.04. The molecule has 0 bridgehead atoms. The van der Waals surface area contributed by atoms with Gasteiger partial charge in [0.1, 0.15) is 11.0 Å². The zero-order valence-corrected chi connectivity index (χ0v) is 20.1. The Kier molecular flexibility index (Phi) is 6.31. The number of halogens is 6. The molecule has 3 aromatic heterocycles. The van der Waals surface area contributed by atoms with Crippen LogP contribution in [0, 0.1) is 11.6 Å². The van der Waals surface area contributed by atoms with Crippen LogP contribution in [0.5, 0.6) is 5.88 Å². The molecule has 202 valence electrons. The Morgan fingerprint density at radius 2 is 2.03 bits per heavy atom. The number of anilines is 1. The lowest BCUT2D eigenvalue weighted by Crippen LogP contribution is -2.55. The van der Waals surface area contributed by atoms with E-state index in [9.17, 15) is 26.7 Å². The molecule has 0 aliphatic carbocycles. The van der Waals surface area contributed by atoms with E-state index in [1.54, 1.807) is 0 Å². The molecule has 1 amide bonds. The molecule has 1 fully saturated rings. The number of benzene rings is 1. The fraction of sp³-hybridized carbons (Fsp3) is 0.391. The molecule has 1 aliphatic rings. The molecule has 1 aromatic carbocycles. The van der Waals surface area contributed by atoms with Gasteiger partial charge < -0.3 is 19.5 Å². The van der Waals surface area contributed by atoms with Crippen LogP contribution < -0.4 is 10.1 Å². The number of methoxy groups -OCH3 is 1. The van der Waals surface area contributed by atoms with Crippen LogP contribution >= 0.6 is 0 Å². The van der Waals surface area contributed by atoms with Gasteiger partial charge in [-0.25, -0.2) is 35.8 Å². The Balaban J connectivity index is 1.55. The number of alkyl halides is 4. The van der Waals surface area contributed by atoms with Crippen molar-refractivity contribution < 1.29 is 35.9 Å². The number of rotatable bonds is 6. The first-order chi connectivity index (χ1) is 18.0. The molecule has 1 aliphatic heterocycles. The van der Waals surface area contributed by atoms with Gasteiger partial charge in [-0.05, 0) is 24.1 Å². The number of carbonyl (C=O) groups excluding carboxylic acids is 1. The summed E-state index contributed by atoms with van der Waals surface area (Å²) in [5.41, 5.74) is -0.371. The van der Waals surface area contributed by atoms with E-state index < -0.39 is 49.0 Å². The number of fused-ring (bicyclic) bond motifs is 2. The fourth-order valence-electron chi connectivity index (χ4n) is 4.60. The molecule has 38 heavy (non-hydrogen) atoms. The highest BCUT2D eigenvalue weighted by molar-refractivity contribution is 5.90. The van der Waals surface area contributed by atoms with E-state index in [1.165, 1.54) is 20.1 Å². The SMILES string of the molecule is COc1nc(N[C@@H]2CCN(C(C)=O)CC2(F)F)nn2cc(F)c(-c3cc(F)c4ncn(CC(F)F)c4c3)c12. The van der Waals surface area contributed by atoms with E-state index in [1.807, 2.05) is 0 Å². The smallest absolute Gasteiger partial charge is 0.285 e. The van der Waals surface area contributed by atoms with Crippen LogP contribution in [-0.2, 0) is 11.3 Å². The molecule has 4 aromatic rings. The quantitative estimate of drug-likeness (QED) is 0.372. The van der Waals surface area contributed by atoms with Crippen molar-refractivity contribution in [1.82, 2.24) is 29.0 Å². The van der Waals surface area contributed by atoms with E-state index in [-0.39, 0.29) is 52.5 Å². The van der Waals surface area contributed by atoms with E-state index in [4.69, 9.17) is 4.74 Å². The molecule has 1 atom stereocenters. The van der Waals surface area contributed by atoms with Crippen molar-refractivity contribution in [2.75, 3.05) is 25.5 Å². The van der Waals surface area contributed by atoms with Crippen molar-refractivity contribution in [3.8, 4) is 17.0 Å². The second kappa shape index (κ2) is 9.36. The second-order valence-corrected chi connectivity index (χ2v) is 8.89. The van der Waals surface area contributed by atoms with Gasteiger partial charge in [0.05, 0.1) is 49.8 Å². The third-order valence-corrected chi connectivity index (χ3v) is 6.40. The third-order valence-electron chi connectivity index (χ3n) is 6.40. The minimum absolute atomic E-state index is 0.0169. The van der Waals surface area contributed by atoms with Gasteiger partial charge in [0.2, 0.25) is 17.7 Å². The van der Waals surface area contributed by atoms with Crippen molar-refractivity contribution in [2.24, 2.45) is 0 Å². The summed E-state index contributed by atoms with van der Waals surface area (Å²) in [5, 5.41) is 6.63. The predicted octanol–water partition coefficient (Wildman–Crippen LogP) is 3.97. The first-order valence-corrected chi connectivity index (χ1v) is 11.4. The molecule has 0 unspecified atom stereocenters. The maximum atomic E-state index is 15.2. The highest BCUT2D eigenvalue weighted by atomic mass is 19.3. The number of nitrogens with one attached hydrogen (secondary N) is 1. The van der Waals surface area contributed by atoms with Crippen LogP contribution in [0.25, 0.3) is 27.7 Å². The summed E-state index contributed by atoms with van der Waals surface area (Å²) in [6, 6.07) is 0.892. The number of imidazole rings is 1. The first-order valence-electron chi connectivity index (χ1n) is 11.4. The van der Waals surface area contributed by atoms with Crippen LogP contribution in [0.1, 0.15) is 13.3 Å². The van der Waals surface area contributed by atoms with Gasteiger partial charge in [-0.3, -0.25) is 4.79 Å². The molecule has 0 spiro atoms. The molecule has 9 nitrogen and oxygen atoms in total. The molecular weight excluding hydrogens is 520 g/mol. The third kappa shape index (κ3) is 4.45. The minimum atomic E-state index is -3.29. The lowest BCUT2D eigenvalue weighted by atomic mass is 10.0. The number of hydrogen-bond acceptors (Lipinski definition) is 6. The fourth-order valence-corrected chi connectivity index (χ4v) is 4.60. The summed E-state index contributed by atoms with van der Waals surface area (Å²) in [4.78, 5) is 20.5. The summed E-state index contributed by atoms with van der Waals surface area (Å²) in [6.07, 6.45) is -0.814. The highest BCUT2D eigenvalue weighted by Gasteiger charge is 2.46. The number of nitrogens with zero attached hydrogens (tertiary/aromatic N) is 6. The summed E-state index contributed by atoms with van der Waals surface area (Å²) < 4.78 is 92.7. The Labute approximate surface area is 211 Å². The molecule has 15 heteroatoms. The maximum Gasteiger partial charge on any atom is 0.285 e. The monoisotopic (exact) mass is 541 g/mol. The van der Waals surface area contributed by atoms with Crippen molar-refractivity contribution in [3.63, 3.8) is 0 Å². The number of carbonyl (C=O) groups is 1. The lowest BCUT2D eigenvalue weighted by molar-refractivity contribution is -0.140. The van der Waals surface area contributed by atoms with Gasteiger partial charge in [0.15, 0.2) is 11.6 Å². The summed E-state index contributed by atoms with van der Waals surface area (Å²) in [6.45, 7) is -0.214. The number of aromatic nitrogens is 5. The largest absolute Gasteiger partial charge is 0.479 e. The van der Waals surface area contributed by atoms with Crippen LogP contribution in [0.2, 0.25) is 0 Å². The highest BCUT2D eigenvalue weighted by Crippen LogP contribution is 2.37. The maximum absolute atomic E-state index is 15.2. The number of likely N-dealkylation sites (tertiary alicyclic amines) is 1. The number of ether oxygens (including phenoxy) is 1. The molecule has 0 saturated carbocycles.